The van der Waals surface area contributed by atoms with E-state index in [2.05, 4.69) is 0 Å². The van der Waals surface area contributed by atoms with Gasteiger partial charge in [0.25, 0.3) is 0 Å². The van der Waals surface area contributed by atoms with Gasteiger partial charge in [-0.25, -0.2) is 19.2 Å². The molecular weight excluding hydrogens is 551 g/mol. The largest absolute Gasteiger partial charge is 0.468 e. The lowest BCUT2D eigenvalue weighted by Gasteiger charge is -2.44. The molecule has 11 heteroatoms. The second-order valence-electron chi connectivity index (χ2n) is 9.53. The highest BCUT2D eigenvalue weighted by atomic mass is 31.2. The third-order valence-electron chi connectivity index (χ3n) is 8.28. The first kappa shape index (κ1) is 28.1. The van der Waals surface area contributed by atoms with Gasteiger partial charge in [-0.05, 0) is 17.8 Å². The average molecular weight is 579 g/mol. The van der Waals surface area contributed by atoms with Crippen LogP contribution in [0.2, 0.25) is 0 Å². The molecular formula is C30H27O10P. The quantitative estimate of drug-likeness (QED) is 0.273. The summed E-state index contributed by atoms with van der Waals surface area (Å²) in [6.07, 6.45) is 1.58. The molecule has 2 heterocycles. The van der Waals surface area contributed by atoms with E-state index in [1.807, 2.05) is 0 Å². The van der Waals surface area contributed by atoms with Crippen LogP contribution in [0.1, 0.15) is 5.56 Å². The highest BCUT2D eigenvalue weighted by Crippen LogP contribution is 2.97. The standard InChI is InChI=1S/C30H27O10P/c1-36-24(31)19-16-20-29(28(35)40-5)22(26(33)38-3)21(25(32)37-2)23(27(34)39-4)41(19,18-14-10-7-11-15-18)30(20,29)17-12-8-6-9-13-17/h6-16,20H,1-5H3. The Bertz CT molecular complexity index is 1620. The third-order valence-corrected chi connectivity index (χ3v) is 13.4. The van der Waals surface area contributed by atoms with Crippen molar-refractivity contribution in [3.8, 4) is 0 Å². The van der Waals surface area contributed by atoms with Gasteiger partial charge in [-0.3, -0.25) is 4.79 Å². The Labute approximate surface area is 235 Å². The topological polar surface area (TPSA) is 132 Å². The van der Waals surface area contributed by atoms with Crippen LogP contribution in [0.3, 0.4) is 0 Å². The minimum Gasteiger partial charge on any atom is -0.468 e. The lowest BCUT2D eigenvalue weighted by atomic mass is 9.83. The van der Waals surface area contributed by atoms with Gasteiger partial charge in [-0.1, -0.05) is 66.7 Å². The van der Waals surface area contributed by atoms with Crippen LogP contribution in [0.25, 0.3) is 0 Å². The molecule has 0 amide bonds. The van der Waals surface area contributed by atoms with Crippen molar-refractivity contribution >= 4 is 47.3 Å². The van der Waals surface area contributed by atoms with Gasteiger partial charge < -0.3 is 23.7 Å². The van der Waals surface area contributed by atoms with Gasteiger partial charge in [0.2, 0.25) is 0 Å². The number of rotatable bonds is 7. The average Bonchev–Trinajstić information content (AvgIpc) is 3.51. The Morgan fingerprint density at radius 3 is 1.71 bits per heavy atom. The molecule has 1 aliphatic carbocycles. The number of hydrogen-bond acceptors (Lipinski definition) is 10. The Balaban J connectivity index is 2.21. The van der Waals surface area contributed by atoms with Crippen LogP contribution in [0, 0.1) is 11.3 Å². The van der Waals surface area contributed by atoms with Crippen LogP contribution in [-0.4, -0.2) is 70.7 Å². The molecule has 0 radical (unpaired) electrons. The van der Waals surface area contributed by atoms with E-state index in [0.29, 0.717) is 10.9 Å². The van der Waals surface area contributed by atoms with E-state index in [-0.39, 0.29) is 16.2 Å². The van der Waals surface area contributed by atoms with E-state index in [0.717, 1.165) is 21.3 Å². The minimum absolute atomic E-state index is 0.102. The fraction of sp³-hybridized carbons (Fsp3) is 0.267. The highest BCUT2D eigenvalue weighted by molar-refractivity contribution is 7.91. The number of ether oxygens (including phenoxy) is 5. The number of fused-ring (bicyclic) bond motifs is 1. The molecule has 0 spiro atoms. The zero-order valence-corrected chi connectivity index (χ0v) is 23.9. The van der Waals surface area contributed by atoms with Crippen molar-refractivity contribution < 1.29 is 47.7 Å². The summed E-state index contributed by atoms with van der Waals surface area (Å²) in [6, 6.07) is 17.4. The predicted molar refractivity (Wildman–Crippen MR) is 147 cm³/mol. The summed E-state index contributed by atoms with van der Waals surface area (Å²) in [5.74, 6) is -5.58. The molecule has 1 fully saturated rings. The van der Waals surface area contributed by atoms with Crippen molar-refractivity contribution in [3.05, 3.63) is 88.8 Å². The van der Waals surface area contributed by atoms with Gasteiger partial charge in [0, 0.05) is 5.92 Å². The number of methoxy groups -OCH3 is 5. The molecule has 4 unspecified atom stereocenters. The van der Waals surface area contributed by atoms with Crippen molar-refractivity contribution in [3.63, 3.8) is 0 Å². The van der Waals surface area contributed by atoms with Gasteiger partial charge in [0.15, 0.2) is 0 Å². The van der Waals surface area contributed by atoms with Crippen molar-refractivity contribution in [1.82, 2.24) is 0 Å². The van der Waals surface area contributed by atoms with Crippen LogP contribution in [0.4, 0.5) is 0 Å². The second kappa shape index (κ2) is 9.89. The summed E-state index contributed by atoms with van der Waals surface area (Å²) >= 11 is 0. The SMILES string of the molecule is COC(=O)C1=CC2C3(C(=O)OC)C(C(=O)OC)=C(C(=O)OC)C(C(=O)OC)=P1(c1ccccc1)C23c1ccccc1. The van der Waals surface area contributed by atoms with Crippen LogP contribution < -0.4 is 5.30 Å². The van der Waals surface area contributed by atoms with Crippen molar-refractivity contribution in [2.75, 3.05) is 35.5 Å². The monoisotopic (exact) mass is 578 g/mol. The van der Waals surface area contributed by atoms with E-state index in [9.17, 15) is 24.0 Å². The first-order valence-corrected chi connectivity index (χ1v) is 14.3. The second-order valence-corrected chi connectivity index (χ2v) is 13.0. The molecule has 4 atom stereocenters. The summed E-state index contributed by atoms with van der Waals surface area (Å²) in [6.45, 7) is -3.77. The molecule has 10 nitrogen and oxygen atoms in total. The van der Waals surface area contributed by atoms with Crippen LogP contribution in [0.15, 0.2) is 83.2 Å². The molecule has 3 aliphatic rings. The molecule has 212 valence electrons. The molecule has 0 aromatic heterocycles. The summed E-state index contributed by atoms with van der Waals surface area (Å²) in [5, 5.41) is -1.12. The van der Waals surface area contributed by atoms with Crippen molar-refractivity contribution in [2.45, 2.75) is 5.16 Å². The number of benzene rings is 2. The summed E-state index contributed by atoms with van der Waals surface area (Å²) in [7, 11) is 5.69. The van der Waals surface area contributed by atoms with Crippen molar-refractivity contribution in [2.24, 2.45) is 11.3 Å². The van der Waals surface area contributed by atoms with Gasteiger partial charge in [-0.15, -0.1) is 0 Å². The Morgan fingerprint density at radius 2 is 1.20 bits per heavy atom. The Hall–Kier alpha value is -4.43. The molecule has 0 saturated heterocycles. The maximum absolute atomic E-state index is 14.2. The van der Waals surface area contributed by atoms with E-state index < -0.39 is 58.8 Å². The zero-order valence-electron chi connectivity index (χ0n) is 23.0. The van der Waals surface area contributed by atoms with E-state index in [4.69, 9.17) is 23.7 Å². The van der Waals surface area contributed by atoms with Crippen LogP contribution >= 0.6 is 6.89 Å². The molecule has 0 N–H and O–H groups in total. The number of esters is 5. The molecule has 41 heavy (non-hydrogen) atoms. The molecule has 2 aromatic carbocycles. The fourth-order valence-electron chi connectivity index (χ4n) is 7.07. The number of carbonyl (C=O) groups is 5. The predicted octanol–water partition coefficient (Wildman–Crippen LogP) is 2.09. The zero-order chi connectivity index (χ0) is 29.7. The lowest BCUT2D eigenvalue weighted by Crippen LogP contribution is -2.46. The van der Waals surface area contributed by atoms with Gasteiger partial charge in [0.1, 0.15) is 5.41 Å². The van der Waals surface area contributed by atoms with Crippen LogP contribution in [0.5, 0.6) is 0 Å². The number of carbonyl (C=O) groups excluding carboxylic acids is 5. The van der Waals surface area contributed by atoms with Crippen LogP contribution in [-0.2, 0) is 52.8 Å². The minimum atomic E-state index is -3.77. The van der Waals surface area contributed by atoms with Gasteiger partial charge >= 0.3 is 29.8 Å². The molecule has 2 aromatic rings. The highest BCUT2D eigenvalue weighted by Gasteiger charge is 2.93. The first-order valence-electron chi connectivity index (χ1n) is 12.5. The number of hydrogen-bond donors (Lipinski definition) is 0. The van der Waals surface area contributed by atoms with E-state index >= 15 is 0 Å². The van der Waals surface area contributed by atoms with Gasteiger partial charge in [-0.2, -0.15) is 0 Å². The molecule has 2 aliphatic heterocycles. The third kappa shape index (κ3) is 3.11. The maximum Gasteiger partial charge on any atom is 0.339 e. The molecule has 1 saturated carbocycles. The van der Waals surface area contributed by atoms with E-state index in [1.54, 1.807) is 66.7 Å². The smallest absolute Gasteiger partial charge is 0.339 e. The summed E-state index contributed by atoms with van der Waals surface area (Å²) in [4.78, 5) is 69.3. The fourth-order valence-corrected chi connectivity index (χ4v) is 13.3. The van der Waals surface area contributed by atoms with Gasteiger partial charge in [0.05, 0.1) is 62.5 Å². The van der Waals surface area contributed by atoms with E-state index in [1.165, 1.54) is 14.2 Å². The molecule has 0 bridgehead atoms. The Morgan fingerprint density at radius 1 is 0.659 bits per heavy atom. The first-order chi connectivity index (χ1) is 19.7. The summed E-state index contributed by atoms with van der Waals surface area (Å²) < 4.78 is 26.1. The van der Waals surface area contributed by atoms with Crippen molar-refractivity contribution in [1.29, 1.82) is 0 Å². The summed E-state index contributed by atoms with van der Waals surface area (Å²) in [5.41, 5.74) is -2.19. The normalized spacial score (nSPS) is 27.2. The number of allylic oxidation sites excluding steroid dienone is 1. The Kier molecular flexibility index (Phi) is 6.78. The molecule has 5 rings (SSSR count). The maximum atomic E-state index is 14.2. The lowest BCUT2D eigenvalue weighted by molar-refractivity contribution is -0.150.